The van der Waals surface area contributed by atoms with E-state index in [9.17, 15) is 0 Å². The summed E-state index contributed by atoms with van der Waals surface area (Å²) < 4.78 is 0. The first-order chi connectivity index (χ1) is 13.0. The van der Waals surface area contributed by atoms with Crippen molar-refractivity contribution in [2.45, 2.75) is 26.2 Å². The summed E-state index contributed by atoms with van der Waals surface area (Å²) in [5.74, 6) is 1.27. The molecule has 2 aliphatic rings. The van der Waals surface area contributed by atoms with Crippen LogP contribution in [0.2, 0.25) is 5.15 Å². The molecule has 7 nitrogen and oxygen atoms in total. The Morgan fingerprint density at radius 3 is 2.74 bits per heavy atom. The smallest absolute Gasteiger partial charge is 0.165 e. The number of halogens is 1. The van der Waals surface area contributed by atoms with Crippen LogP contribution in [-0.4, -0.2) is 47.3 Å². The third kappa shape index (κ3) is 3.26. The lowest BCUT2D eigenvalue weighted by molar-refractivity contribution is 0.247. The number of hydrogen-bond donors (Lipinski definition) is 3. The van der Waals surface area contributed by atoms with Crippen LogP contribution >= 0.6 is 11.6 Å². The molecule has 0 saturated carbocycles. The van der Waals surface area contributed by atoms with Gasteiger partial charge >= 0.3 is 0 Å². The Kier molecular flexibility index (Phi) is 4.74. The number of piperidine rings is 1. The molecular formula is C19H24ClN7. The number of nitrogens with two attached hydrogens (primary N) is 1. The van der Waals surface area contributed by atoms with Crippen LogP contribution in [0.15, 0.2) is 18.0 Å². The van der Waals surface area contributed by atoms with Crippen molar-refractivity contribution in [2.24, 2.45) is 11.1 Å². The lowest BCUT2D eigenvalue weighted by Crippen LogP contribution is -2.41. The Balaban J connectivity index is 1.78. The summed E-state index contributed by atoms with van der Waals surface area (Å²) in [6.45, 7) is 5.86. The van der Waals surface area contributed by atoms with Crippen molar-refractivity contribution >= 4 is 40.1 Å². The zero-order valence-corrected chi connectivity index (χ0v) is 16.2. The second-order valence-corrected chi connectivity index (χ2v) is 7.88. The second kappa shape index (κ2) is 7.05. The fraction of sp³-hybridized carbons (Fsp3) is 0.474. The molecule has 2 aromatic heterocycles. The predicted octanol–water partition coefficient (Wildman–Crippen LogP) is 2.60. The van der Waals surface area contributed by atoms with Crippen molar-refractivity contribution in [3.8, 4) is 0 Å². The number of rotatable bonds is 3. The summed E-state index contributed by atoms with van der Waals surface area (Å²) in [5.41, 5.74) is 7.98. The fourth-order valence-corrected chi connectivity index (χ4v) is 4.34. The van der Waals surface area contributed by atoms with Gasteiger partial charge in [-0.1, -0.05) is 11.6 Å². The van der Waals surface area contributed by atoms with Crippen LogP contribution in [0.25, 0.3) is 16.5 Å². The molecule has 0 radical (unpaired) electrons. The van der Waals surface area contributed by atoms with Gasteiger partial charge in [0.05, 0.1) is 5.57 Å². The summed E-state index contributed by atoms with van der Waals surface area (Å²) in [6.07, 6.45) is 6.41. The van der Waals surface area contributed by atoms with Crippen LogP contribution in [0.5, 0.6) is 0 Å². The van der Waals surface area contributed by atoms with Gasteiger partial charge < -0.3 is 21.4 Å². The van der Waals surface area contributed by atoms with E-state index in [1.54, 1.807) is 13.1 Å². The van der Waals surface area contributed by atoms with Crippen molar-refractivity contribution in [1.29, 1.82) is 5.41 Å². The molecule has 0 aliphatic carbocycles. The van der Waals surface area contributed by atoms with Crippen molar-refractivity contribution in [3.63, 3.8) is 0 Å². The van der Waals surface area contributed by atoms with E-state index >= 15 is 0 Å². The van der Waals surface area contributed by atoms with Gasteiger partial charge in [-0.15, -0.1) is 0 Å². The maximum atomic E-state index is 7.70. The van der Waals surface area contributed by atoms with Crippen LogP contribution in [0.4, 0.5) is 5.82 Å². The number of nitrogens with one attached hydrogen (secondary N) is 2. The number of pyridine rings is 1. The van der Waals surface area contributed by atoms with Crippen LogP contribution in [0.3, 0.4) is 0 Å². The fourth-order valence-electron chi connectivity index (χ4n) is 4.14. The van der Waals surface area contributed by atoms with Gasteiger partial charge in [0.15, 0.2) is 11.0 Å². The molecule has 0 aromatic carbocycles. The first-order valence-electron chi connectivity index (χ1n) is 9.28. The molecule has 0 unspecified atom stereocenters. The average Bonchev–Trinajstić information content (AvgIpc) is 3.11. The van der Waals surface area contributed by atoms with E-state index in [0.717, 1.165) is 50.2 Å². The Morgan fingerprint density at radius 1 is 1.33 bits per heavy atom. The van der Waals surface area contributed by atoms with Crippen molar-refractivity contribution in [2.75, 3.05) is 31.1 Å². The third-order valence-electron chi connectivity index (χ3n) is 5.82. The maximum Gasteiger partial charge on any atom is 0.165 e. The molecule has 0 atom stereocenters. The zero-order valence-electron chi connectivity index (χ0n) is 15.4. The molecule has 27 heavy (non-hydrogen) atoms. The first kappa shape index (κ1) is 18.1. The van der Waals surface area contributed by atoms with E-state index in [1.807, 2.05) is 6.07 Å². The number of fused-ring (bicyclic) bond motifs is 1. The molecule has 4 N–H and O–H groups in total. The highest BCUT2D eigenvalue weighted by molar-refractivity contribution is 6.34. The van der Waals surface area contributed by atoms with Gasteiger partial charge in [0.1, 0.15) is 11.3 Å². The van der Waals surface area contributed by atoms with Gasteiger partial charge in [0.2, 0.25) is 0 Å². The van der Waals surface area contributed by atoms with Gasteiger partial charge in [-0.2, -0.15) is 0 Å². The second-order valence-electron chi connectivity index (χ2n) is 7.52. The Bertz CT molecular complexity index is 904. The van der Waals surface area contributed by atoms with Gasteiger partial charge in [-0.3, -0.25) is 0 Å². The highest BCUT2D eigenvalue weighted by atomic mass is 35.5. The summed E-state index contributed by atoms with van der Waals surface area (Å²) in [5, 5.41) is 12.4. The number of anilines is 1. The molecule has 1 spiro atoms. The minimum Gasteiger partial charge on any atom is -0.402 e. The number of aromatic nitrogens is 3. The Hall–Kier alpha value is -2.25. The molecule has 2 fully saturated rings. The van der Waals surface area contributed by atoms with Crippen LogP contribution in [0.1, 0.15) is 32.0 Å². The summed E-state index contributed by atoms with van der Waals surface area (Å²) in [7, 11) is 0. The molecule has 0 bridgehead atoms. The minimum atomic E-state index is 0.338. The maximum absolute atomic E-state index is 7.70. The molecule has 2 aromatic rings. The number of allylic oxidation sites excluding steroid dienone is 2. The molecule has 4 heterocycles. The number of hydrogen-bond acceptors (Lipinski definition) is 7. The van der Waals surface area contributed by atoms with E-state index in [4.69, 9.17) is 27.7 Å². The van der Waals surface area contributed by atoms with Gasteiger partial charge in [-0.25, -0.2) is 15.0 Å². The Labute approximate surface area is 163 Å². The van der Waals surface area contributed by atoms with E-state index in [0.29, 0.717) is 33.2 Å². The van der Waals surface area contributed by atoms with Crippen molar-refractivity contribution < 1.29 is 0 Å². The lowest BCUT2D eigenvalue weighted by Gasteiger charge is -2.39. The number of nitrogens with zero attached hydrogens (tertiary/aromatic N) is 4. The quantitative estimate of drug-likeness (QED) is 0.554. The SMILES string of the molecule is C/C(N)=C(/C=N)c1nc(N2CCC3(CCNC3)CC2)c2ccnc(Cl)c2n1. The molecule has 4 rings (SSSR count). The largest absolute Gasteiger partial charge is 0.402 e. The van der Waals surface area contributed by atoms with Gasteiger partial charge in [-0.05, 0) is 44.2 Å². The monoisotopic (exact) mass is 385 g/mol. The first-order valence-corrected chi connectivity index (χ1v) is 9.66. The Morgan fingerprint density at radius 2 is 2.11 bits per heavy atom. The normalized spacial score (nSPS) is 20.1. The van der Waals surface area contributed by atoms with Crippen molar-refractivity contribution in [3.05, 3.63) is 28.9 Å². The molecular weight excluding hydrogens is 362 g/mol. The molecule has 0 amide bonds. The van der Waals surface area contributed by atoms with E-state index in [1.165, 1.54) is 12.6 Å². The van der Waals surface area contributed by atoms with Crippen LogP contribution < -0.4 is 16.0 Å². The standard InChI is InChI=1S/C19H24ClN7/c1-12(22)14(10-21)17-25-15-13(2-6-24-16(15)20)18(26-17)27-8-4-19(5-9-27)3-7-23-11-19/h2,6,10,21,23H,3-5,7-9,11,22H2,1H3/b14-12+,21-10?. The van der Waals surface area contributed by atoms with E-state index < -0.39 is 0 Å². The van der Waals surface area contributed by atoms with Crippen LogP contribution in [0, 0.1) is 10.8 Å². The topological polar surface area (TPSA) is 104 Å². The lowest BCUT2D eigenvalue weighted by atomic mass is 9.78. The average molecular weight is 386 g/mol. The molecule has 2 saturated heterocycles. The highest BCUT2D eigenvalue weighted by Gasteiger charge is 2.37. The minimum absolute atomic E-state index is 0.338. The van der Waals surface area contributed by atoms with Crippen molar-refractivity contribution in [1.82, 2.24) is 20.3 Å². The van der Waals surface area contributed by atoms with Gasteiger partial charge in [0, 0.05) is 43.1 Å². The molecule has 8 heteroatoms. The van der Waals surface area contributed by atoms with Gasteiger partial charge in [0.25, 0.3) is 0 Å². The van der Waals surface area contributed by atoms with Crippen LogP contribution in [-0.2, 0) is 0 Å². The van der Waals surface area contributed by atoms with E-state index in [2.05, 4.69) is 20.2 Å². The molecule has 2 aliphatic heterocycles. The third-order valence-corrected chi connectivity index (χ3v) is 6.09. The molecule has 142 valence electrons. The summed E-state index contributed by atoms with van der Waals surface area (Å²) in [6, 6.07) is 1.91. The summed E-state index contributed by atoms with van der Waals surface area (Å²) in [4.78, 5) is 15.8. The zero-order chi connectivity index (χ0) is 19.0. The summed E-state index contributed by atoms with van der Waals surface area (Å²) >= 11 is 6.33. The van der Waals surface area contributed by atoms with E-state index in [-0.39, 0.29) is 0 Å². The highest BCUT2D eigenvalue weighted by Crippen LogP contribution is 2.39. The predicted molar refractivity (Wildman–Crippen MR) is 109 cm³/mol.